The predicted molar refractivity (Wildman–Crippen MR) is 100 cm³/mol. The van der Waals surface area contributed by atoms with E-state index in [0.717, 1.165) is 51.5 Å². The normalized spacial score (nSPS) is 19.4. The molecule has 0 radical (unpaired) electrons. The molecule has 5 nitrogen and oxygen atoms in total. The monoisotopic (exact) mass is 342 g/mol. The maximum atomic E-state index is 9.50. The summed E-state index contributed by atoms with van der Waals surface area (Å²) >= 11 is 0. The molecule has 1 aromatic heterocycles. The molecule has 0 bridgehead atoms. The maximum Gasteiger partial charge on any atom is 0.122 e. The van der Waals surface area contributed by atoms with Gasteiger partial charge in [0.25, 0.3) is 0 Å². The fourth-order valence-corrected chi connectivity index (χ4v) is 3.64. The van der Waals surface area contributed by atoms with Gasteiger partial charge in [-0.25, -0.2) is 4.98 Å². The molecule has 2 heterocycles. The van der Waals surface area contributed by atoms with E-state index in [1.54, 1.807) is 0 Å². The van der Waals surface area contributed by atoms with Crippen LogP contribution in [0.15, 0.2) is 36.7 Å². The zero-order valence-electron chi connectivity index (χ0n) is 15.4. The summed E-state index contributed by atoms with van der Waals surface area (Å²) in [4.78, 5) is 9.50. The second-order valence-electron chi connectivity index (χ2n) is 6.99. The van der Waals surface area contributed by atoms with Gasteiger partial charge in [0.2, 0.25) is 0 Å². The third kappa shape index (κ3) is 4.69. The van der Waals surface area contributed by atoms with Crippen LogP contribution in [-0.4, -0.2) is 56.7 Å². The van der Waals surface area contributed by atoms with Gasteiger partial charge in [0, 0.05) is 57.8 Å². The molecule has 2 aromatic rings. The van der Waals surface area contributed by atoms with Crippen LogP contribution in [0.25, 0.3) is 0 Å². The van der Waals surface area contributed by atoms with Gasteiger partial charge in [-0.05, 0) is 25.8 Å². The van der Waals surface area contributed by atoms with Crippen LogP contribution in [0, 0.1) is 6.92 Å². The average molecular weight is 342 g/mol. The minimum absolute atomic E-state index is 0.243. The lowest BCUT2D eigenvalue weighted by Gasteiger charge is -2.41. The SMILES string of the molecule is CCn1ccnc1CN1CCN(Cc2ccc(C)cc2)C(CCO)C1. The molecular weight excluding hydrogens is 312 g/mol. The molecule has 1 aromatic carbocycles. The molecule has 0 saturated carbocycles. The topological polar surface area (TPSA) is 44.5 Å². The largest absolute Gasteiger partial charge is 0.396 e. The van der Waals surface area contributed by atoms with Gasteiger partial charge in [-0.1, -0.05) is 29.8 Å². The summed E-state index contributed by atoms with van der Waals surface area (Å²) in [6.07, 6.45) is 4.76. The molecule has 1 N–H and O–H groups in total. The first kappa shape index (κ1) is 18.1. The molecule has 3 rings (SSSR count). The van der Waals surface area contributed by atoms with Crippen LogP contribution in [0.5, 0.6) is 0 Å². The highest BCUT2D eigenvalue weighted by molar-refractivity contribution is 5.21. The standard InChI is InChI=1S/C20H30N4O/c1-3-23-10-9-21-20(23)16-22-11-12-24(19(15-22)8-13-25)14-18-6-4-17(2)5-7-18/h4-7,9-10,19,25H,3,8,11-16H2,1-2H3. The van der Waals surface area contributed by atoms with E-state index in [1.807, 2.05) is 12.4 Å². The first-order chi connectivity index (χ1) is 12.2. The number of nitrogens with zero attached hydrogens (tertiary/aromatic N) is 4. The van der Waals surface area contributed by atoms with Gasteiger partial charge in [0.15, 0.2) is 0 Å². The Morgan fingerprint density at radius 1 is 1.16 bits per heavy atom. The summed E-state index contributed by atoms with van der Waals surface area (Å²) in [5, 5.41) is 9.50. The number of aryl methyl sites for hydroxylation is 2. The highest BCUT2D eigenvalue weighted by Crippen LogP contribution is 2.18. The molecule has 1 unspecified atom stereocenters. The van der Waals surface area contributed by atoms with Gasteiger partial charge in [-0.15, -0.1) is 0 Å². The summed E-state index contributed by atoms with van der Waals surface area (Å²) in [6, 6.07) is 9.19. The van der Waals surface area contributed by atoms with Crippen molar-refractivity contribution < 1.29 is 5.11 Å². The molecule has 25 heavy (non-hydrogen) atoms. The highest BCUT2D eigenvalue weighted by atomic mass is 16.3. The van der Waals surface area contributed by atoms with Crippen molar-refractivity contribution in [3.8, 4) is 0 Å². The van der Waals surface area contributed by atoms with E-state index in [0.29, 0.717) is 6.04 Å². The Balaban J connectivity index is 1.62. The number of aliphatic hydroxyl groups is 1. The fourth-order valence-electron chi connectivity index (χ4n) is 3.64. The number of aliphatic hydroxyl groups excluding tert-OH is 1. The van der Waals surface area contributed by atoms with E-state index < -0.39 is 0 Å². The molecule has 0 aliphatic carbocycles. The van der Waals surface area contributed by atoms with Gasteiger partial charge < -0.3 is 9.67 Å². The molecular formula is C20H30N4O. The van der Waals surface area contributed by atoms with E-state index in [2.05, 4.69) is 57.5 Å². The lowest BCUT2D eigenvalue weighted by molar-refractivity contribution is 0.0483. The van der Waals surface area contributed by atoms with Gasteiger partial charge in [0.1, 0.15) is 5.82 Å². The third-order valence-corrected chi connectivity index (χ3v) is 5.16. The van der Waals surface area contributed by atoms with Crippen molar-refractivity contribution in [2.75, 3.05) is 26.2 Å². The molecule has 1 fully saturated rings. The van der Waals surface area contributed by atoms with Crippen LogP contribution in [0.4, 0.5) is 0 Å². The first-order valence-corrected chi connectivity index (χ1v) is 9.32. The maximum absolute atomic E-state index is 9.50. The third-order valence-electron chi connectivity index (χ3n) is 5.16. The zero-order valence-corrected chi connectivity index (χ0v) is 15.4. The van der Waals surface area contributed by atoms with E-state index in [1.165, 1.54) is 11.1 Å². The van der Waals surface area contributed by atoms with E-state index in [9.17, 15) is 5.11 Å². The second kappa shape index (κ2) is 8.61. The van der Waals surface area contributed by atoms with Crippen LogP contribution in [-0.2, 0) is 19.6 Å². The minimum atomic E-state index is 0.243. The molecule has 1 aliphatic rings. The zero-order chi connectivity index (χ0) is 17.6. The van der Waals surface area contributed by atoms with Crippen molar-refractivity contribution in [2.24, 2.45) is 0 Å². The van der Waals surface area contributed by atoms with Gasteiger partial charge in [-0.2, -0.15) is 0 Å². The molecule has 1 aliphatic heterocycles. The quantitative estimate of drug-likeness (QED) is 0.838. The molecule has 1 atom stereocenters. The Hall–Kier alpha value is -1.69. The van der Waals surface area contributed by atoms with Crippen molar-refractivity contribution >= 4 is 0 Å². The molecule has 5 heteroatoms. The number of aromatic nitrogens is 2. The summed E-state index contributed by atoms with van der Waals surface area (Å²) in [6.45, 7) is 10.4. The van der Waals surface area contributed by atoms with E-state index in [4.69, 9.17) is 0 Å². The number of benzene rings is 1. The van der Waals surface area contributed by atoms with Gasteiger partial charge >= 0.3 is 0 Å². The Morgan fingerprint density at radius 3 is 2.68 bits per heavy atom. The molecule has 136 valence electrons. The fraction of sp³-hybridized carbons (Fsp3) is 0.550. The van der Waals surface area contributed by atoms with Crippen molar-refractivity contribution in [1.29, 1.82) is 0 Å². The van der Waals surface area contributed by atoms with Crippen molar-refractivity contribution in [2.45, 2.75) is 45.9 Å². The summed E-state index contributed by atoms with van der Waals surface area (Å²) in [5.74, 6) is 1.14. The Kier molecular flexibility index (Phi) is 6.24. The Labute approximate surface area is 150 Å². The van der Waals surface area contributed by atoms with E-state index in [-0.39, 0.29) is 6.61 Å². The van der Waals surface area contributed by atoms with Crippen LogP contribution in [0.1, 0.15) is 30.3 Å². The second-order valence-corrected chi connectivity index (χ2v) is 6.99. The molecule has 0 amide bonds. The van der Waals surface area contributed by atoms with Crippen molar-refractivity contribution in [1.82, 2.24) is 19.4 Å². The number of hydrogen-bond donors (Lipinski definition) is 1. The van der Waals surface area contributed by atoms with Crippen LogP contribution < -0.4 is 0 Å². The van der Waals surface area contributed by atoms with Gasteiger partial charge in [-0.3, -0.25) is 9.80 Å². The molecule has 1 saturated heterocycles. The number of rotatable bonds is 7. The minimum Gasteiger partial charge on any atom is -0.396 e. The lowest BCUT2D eigenvalue weighted by Crippen LogP contribution is -2.52. The highest BCUT2D eigenvalue weighted by Gasteiger charge is 2.27. The Bertz CT molecular complexity index is 652. The summed E-state index contributed by atoms with van der Waals surface area (Å²) in [7, 11) is 0. The number of hydrogen-bond acceptors (Lipinski definition) is 4. The van der Waals surface area contributed by atoms with E-state index >= 15 is 0 Å². The summed E-state index contributed by atoms with van der Waals surface area (Å²) in [5.41, 5.74) is 2.65. The molecule has 0 spiro atoms. The van der Waals surface area contributed by atoms with Crippen molar-refractivity contribution in [3.63, 3.8) is 0 Å². The Morgan fingerprint density at radius 2 is 1.96 bits per heavy atom. The summed E-state index contributed by atoms with van der Waals surface area (Å²) < 4.78 is 2.21. The van der Waals surface area contributed by atoms with Crippen LogP contribution >= 0.6 is 0 Å². The first-order valence-electron chi connectivity index (χ1n) is 9.32. The smallest absolute Gasteiger partial charge is 0.122 e. The van der Waals surface area contributed by atoms with Crippen molar-refractivity contribution in [3.05, 3.63) is 53.6 Å². The van der Waals surface area contributed by atoms with Crippen LogP contribution in [0.3, 0.4) is 0 Å². The number of imidazole rings is 1. The predicted octanol–water partition coefficient (Wildman–Crippen LogP) is 2.28. The average Bonchev–Trinajstić information content (AvgIpc) is 3.06. The van der Waals surface area contributed by atoms with Crippen LogP contribution in [0.2, 0.25) is 0 Å². The lowest BCUT2D eigenvalue weighted by atomic mass is 10.1. The number of piperazine rings is 1. The van der Waals surface area contributed by atoms with Gasteiger partial charge in [0.05, 0.1) is 6.54 Å².